The summed E-state index contributed by atoms with van der Waals surface area (Å²) in [6.07, 6.45) is -6.23. The van der Waals surface area contributed by atoms with Crippen molar-refractivity contribution in [2.24, 2.45) is 0 Å². The van der Waals surface area contributed by atoms with Gasteiger partial charge in [0.05, 0.1) is 18.1 Å². The molecule has 0 fully saturated rings. The molecule has 2 aromatic carbocycles. The van der Waals surface area contributed by atoms with Gasteiger partial charge in [-0.3, -0.25) is 4.79 Å². The van der Waals surface area contributed by atoms with Crippen molar-refractivity contribution in [1.82, 2.24) is 5.32 Å². The van der Waals surface area contributed by atoms with E-state index in [0.717, 1.165) is 12.1 Å². The summed E-state index contributed by atoms with van der Waals surface area (Å²) in [4.78, 5) is 11.8. The molecule has 7 heteroatoms. The van der Waals surface area contributed by atoms with E-state index in [1.165, 1.54) is 30.3 Å². The maximum atomic E-state index is 13.0. The van der Waals surface area contributed by atoms with Crippen LogP contribution in [0.3, 0.4) is 0 Å². The lowest BCUT2D eigenvalue weighted by atomic mass is 10.0. The summed E-state index contributed by atoms with van der Waals surface area (Å²) in [5.41, 5.74) is -0.828. The van der Waals surface area contributed by atoms with Crippen LogP contribution in [0.25, 0.3) is 0 Å². The van der Waals surface area contributed by atoms with Gasteiger partial charge in [0.1, 0.15) is 5.82 Å². The molecule has 0 saturated carbocycles. The van der Waals surface area contributed by atoms with Crippen LogP contribution in [0, 0.1) is 5.82 Å². The Hall–Kier alpha value is -2.41. The number of benzene rings is 2. The maximum absolute atomic E-state index is 13.0. The monoisotopic (exact) mass is 341 g/mol. The molecule has 0 aliphatic heterocycles. The van der Waals surface area contributed by atoms with Gasteiger partial charge < -0.3 is 10.4 Å². The van der Waals surface area contributed by atoms with E-state index in [2.05, 4.69) is 5.32 Å². The average Bonchev–Trinajstić information content (AvgIpc) is 2.52. The zero-order valence-corrected chi connectivity index (χ0v) is 12.5. The molecule has 2 aromatic rings. The van der Waals surface area contributed by atoms with E-state index in [9.17, 15) is 27.5 Å². The molecule has 0 aliphatic carbocycles. The number of hydrogen-bond acceptors (Lipinski definition) is 2. The first-order chi connectivity index (χ1) is 11.3. The van der Waals surface area contributed by atoms with E-state index in [-0.39, 0.29) is 18.5 Å². The van der Waals surface area contributed by atoms with Crippen molar-refractivity contribution in [2.75, 3.05) is 6.54 Å². The highest BCUT2D eigenvalue weighted by Crippen LogP contribution is 2.34. The molecule has 0 bridgehead atoms. The number of halogens is 4. The van der Waals surface area contributed by atoms with E-state index in [1.54, 1.807) is 6.07 Å². The van der Waals surface area contributed by atoms with Crippen LogP contribution in [-0.2, 0) is 17.4 Å². The Morgan fingerprint density at radius 1 is 1.12 bits per heavy atom. The molecule has 0 radical (unpaired) electrons. The minimum absolute atomic E-state index is 0.134. The van der Waals surface area contributed by atoms with Gasteiger partial charge >= 0.3 is 6.18 Å². The Balaban J connectivity index is 1.98. The number of amides is 1. The molecule has 2 rings (SSSR count). The number of rotatable bonds is 5. The smallest absolute Gasteiger partial charge is 0.387 e. The average molecular weight is 341 g/mol. The highest BCUT2D eigenvalue weighted by Gasteiger charge is 2.34. The van der Waals surface area contributed by atoms with E-state index in [0.29, 0.717) is 5.56 Å². The van der Waals surface area contributed by atoms with Crippen LogP contribution in [0.1, 0.15) is 22.8 Å². The highest BCUT2D eigenvalue weighted by atomic mass is 19.4. The fourth-order valence-corrected chi connectivity index (χ4v) is 2.26. The number of alkyl halides is 3. The molecule has 1 atom stereocenters. The number of carbonyl (C=O) groups excluding carboxylic acids is 1. The topological polar surface area (TPSA) is 49.3 Å². The van der Waals surface area contributed by atoms with E-state index >= 15 is 0 Å². The van der Waals surface area contributed by atoms with Crippen molar-refractivity contribution < 1.29 is 27.5 Å². The largest absolute Gasteiger partial charge is 0.416 e. The quantitative estimate of drug-likeness (QED) is 0.821. The molecule has 2 N–H and O–H groups in total. The molecule has 0 aromatic heterocycles. The number of hydrogen-bond donors (Lipinski definition) is 2. The molecule has 0 spiro atoms. The normalized spacial score (nSPS) is 12.7. The molecule has 128 valence electrons. The summed E-state index contributed by atoms with van der Waals surface area (Å²) in [5, 5.41) is 12.3. The second-order valence-electron chi connectivity index (χ2n) is 5.21. The van der Waals surface area contributed by atoms with Gasteiger partial charge in [-0.15, -0.1) is 0 Å². The van der Waals surface area contributed by atoms with Crippen LogP contribution in [-0.4, -0.2) is 17.6 Å². The van der Waals surface area contributed by atoms with Gasteiger partial charge in [-0.25, -0.2) is 4.39 Å². The van der Waals surface area contributed by atoms with Gasteiger partial charge in [-0.2, -0.15) is 13.2 Å². The zero-order chi connectivity index (χ0) is 17.7. The second-order valence-corrected chi connectivity index (χ2v) is 5.21. The zero-order valence-electron chi connectivity index (χ0n) is 12.5. The van der Waals surface area contributed by atoms with Crippen molar-refractivity contribution in [3.05, 3.63) is 71.0 Å². The van der Waals surface area contributed by atoms with Crippen LogP contribution >= 0.6 is 0 Å². The first kappa shape index (κ1) is 17.9. The second kappa shape index (κ2) is 7.44. The summed E-state index contributed by atoms with van der Waals surface area (Å²) in [7, 11) is 0. The van der Waals surface area contributed by atoms with Crippen LogP contribution in [0.5, 0.6) is 0 Å². The number of nitrogens with one attached hydrogen (secondary N) is 1. The van der Waals surface area contributed by atoms with Gasteiger partial charge in [-0.1, -0.05) is 30.3 Å². The van der Waals surface area contributed by atoms with Crippen molar-refractivity contribution in [2.45, 2.75) is 18.7 Å². The minimum atomic E-state index is -4.59. The van der Waals surface area contributed by atoms with Crippen LogP contribution in [0.2, 0.25) is 0 Å². The fraction of sp³-hybridized carbons (Fsp3) is 0.235. The minimum Gasteiger partial charge on any atom is -0.387 e. The molecule has 0 saturated heterocycles. The Morgan fingerprint density at radius 2 is 1.83 bits per heavy atom. The number of aliphatic hydroxyl groups is 1. The lowest BCUT2D eigenvalue weighted by Crippen LogP contribution is -2.30. The van der Waals surface area contributed by atoms with Gasteiger partial charge in [-0.05, 0) is 29.3 Å². The Bertz CT molecular complexity index is 716. The lowest BCUT2D eigenvalue weighted by molar-refractivity contribution is -0.139. The molecule has 0 heterocycles. The maximum Gasteiger partial charge on any atom is 0.416 e. The van der Waals surface area contributed by atoms with Crippen molar-refractivity contribution in [3.63, 3.8) is 0 Å². The summed E-state index contributed by atoms with van der Waals surface area (Å²) in [6, 6.07) is 10.1. The third-order valence-electron chi connectivity index (χ3n) is 3.37. The highest BCUT2D eigenvalue weighted by molar-refractivity contribution is 5.78. The van der Waals surface area contributed by atoms with E-state index < -0.39 is 29.6 Å². The Morgan fingerprint density at radius 3 is 2.50 bits per heavy atom. The summed E-state index contributed by atoms with van der Waals surface area (Å²) >= 11 is 0. The molecule has 1 unspecified atom stereocenters. The van der Waals surface area contributed by atoms with Crippen LogP contribution < -0.4 is 5.32 Å². The van der Waals surface area contributed by atoms with Gasteiger partial charge in [0.25, 0.3) is 0 Å². The standard InChI is InChI=1S/C17H15F4NO2/c18-12-5-3-4-11(8-12)9-16(24)22-10-15(23)13-6-1-2-7-14(13)17(19,20)21/h1-8,15,23H,9-10H2,(H,22,24). The first-order valence-electron chi connectivity index (χ1n) is 7.12. The molecular formula is C17H15F4NO2. The third-order valence-corrected chi connectivity index (χ3v) is 3.37. The Kier molecular flexibility index (Phi) is 5.56. The van der Waals surface area contributed by atoms with E-state index in [1.807, 2.05) is 0 Å². The van der Waals surface area contributed by atoms with Gasteiger partial charge in [0, 0.05) is 6.54 Å². The Labute approximate surface area is 135 Å². The molecule has 0 aliphatic rings. The summed E-state index contributed by atoms with van der Waals surface area (Å²) in [6.45, 7) is -0.374. The molecule has 24 heavy (non-hydrogen) atoms. The van der Waals surface area contributed by atoms with Crippen molar-refractivity contribution >= 4 is 5.91 Å². The fourth-order valence-electron chi connectivity index (χ4n) is 2.26. The van der Waals surface area contributed by atoms with Gasteiger partial charge in [0.2, 0.25) is 5.91 Å². The van der Waals surface area contributed by atoms with Crippen LogP contribution in [0.15, 0.2) is 48.5 Å². The SMILES string of the molecule is O=C(Cc1cccc(F)c1)NCC(O)c1ccccc1C(F)(F)F. The predicted molar refractivity (Wildman–Crippen MR) is 79.5 cm³/mol. The third kappa shape index (κ3) is 4.79. The first-order valence-corrected chi connectivity index (χ1v) is 7.12. The van der Waals surface area contributed by atoms with E-state index in [4.69, 9.17) is 0 Å². The lowest BCUT2D eigenvalue weighted by Gasteiger charge is -2.18. The summed E-state index contributed by atoms with van der Waals surface area (Å²) < 4.78 is 51.7. The number of carbonyl (C=O) groups is 1. The number of aliphatic hydroxyl groups excluding tert-OH is 1. The molecular weight excluding hydrogens is 326 g/mol. The predicted octanol–water partition coefficient (Wildman–Crippen LogP) is 3.24. The van der Waals surface area contributed by atoms with Crippen molar-refractivity contribution in [1.29, 1.82) is 0 Å². The van der Waals surface area contributed by atoms with Crippen LogP contribution in [0.4, 0.5) is 17.6 Å². The molecule has 1 amide bonds. The summed E-state index contributed by atoms with van der Waals surface area (Å²) in [5.74, 6) is -1.01. The molecule has 3 nitrogen and oxygen atoms in total. The van der Waals surface area contributed by atoms with Gasteiger partial charge in [0.15, 0.2) is 0 Å². The van der Waals surface area contributed by atoms with Crippen molar-refractivity contribution in [3.8, 4) is 0 Å².